The van der Waals surface area contributed by atoms with Gasteiger partial charge >= 0.3 is 10.0 Å². The molecule has 0 radical (unpaired) electrons. The molecule has 0 amide bonds. The molecule has 0 spiro atoms. The number of hydrogen-bond acceptors (Lipinski definition) is 3. The highest BCUT2D eigenvalue weighted by molar-refractivity contribution is 6.17. The van der Waals surface area contributed by atoms with Crippen LogP contribution in [-0.4, -0.2) is 31.3 Å². The van der Waals surface area contributed by atoms with Crippen molar-refractivity contribution in [3.05, 3.63) is 0 Å². The van der Waals surface area contributed by atoms with Crippen LogP contribution in [0.4, 0.5) is 0 Å². The summed E-state index contributed by atoms with van der Waals surface area (Å²) < 4.78 is 9.22. The first-order chi connectivity index (χ1) is 3.41. The van der Waals surface area contributed by atoms with Crippen LogP contribution in [0.5, 0.6) is 0 Å². The minimum Gasteiger partial charge on any atom is -0.402 e. The smallest absolute Gasteiger partial charge is 0.303 e. The summed E-state index contributed by atoms with van der Waals surface area (Å²) in [7, 11) is 4.23. The second-order valence-corrected chi connectivity index (χ2v) is 2.09. The lowest BCUT2D eigenvalue weighted by molar-refractivity contribution is 0.309. The van der Waals surface area contributed by atoms with Crippen LogP contribution in [0.3, 0.4) is 0 Å². The molecule has 0 aromatic heterocycles. The Balaban J connectivity index is 0. The summed E-state index contributed by atoms with van der Waals surface area (Å²) in [6.45, 7) is 0. The molecule has 2 N–H and O–H groups in total. The predicted octanol–water partition coefficient (Wildman–Crippen LogP) is -1.15. The third-order valence-electron chi connectivity index (χ3n) is 0.236. The highest BCUT2D eigenvalue weighted by Gasteiger charge is 1.67. The van der Waals surface area contributed by atoms with Gasteiger partial charge in [-0.15, -0.1) is 0 Å². The van der Waals surface area contributed by atoms with Crippen LogP contribution in [0.2, 0.25) is 0 Å². The van der Waals surface area contributed by atoms with Crippen molar-refractivity contribution >= 4 is 10.0 Å². The van der Waals surface area contributed by atoms with Crippen LogP contribution in [-0.2, 0) is 8.85 Å². The van der Waals surface area contributed by atoms with Crippen molar-refractivity contribution in [2.45, 2.75) is 0 Å². The fraction of sp³-hybridized carbons (Fsp3) is 1.00. The molecule has 0 saturated heterocycles. The highest BCUT2D eigenvalue weighted by atomic mass is 28.3. The Morgan fingerprint density at radius 2 is 1.43 bits per heavy atom. The molecule has 0 heterocycles. The summed E-state index contributed by atoms with van der Waals surface area (Å²) in [6.07, 6.45) is 0. The van der Waals surface area contributed by atoms with Gasteiger partial charge in [-0.05, 0) is 7.05 Å². The van der Waals surface area contributed by atoms with Crippen molar-refractivity contribution in [3.8, 4) is 0 Å². The lowest BCUT2D eigenvalue weighted by Crippen LogP contribution is -1.93. The van der Waals surface area contributed by atoms with Crippen molar-refractivity contribution in [2.75, 3.05) is 21.3 Å². The molecule has 0 fully saturated rings. The Morgan fingerprint density at radius 1 is 1.14 bits per heavy atom. The topological polar surface area (TPSA) is 44.5 Å². The molecular weight excluding hydrogens is 110 g/mol. The number of nitrogens with two attached hydrogens (primary N) is 1. The third-order valence-corrected chi connectivity index (χ3v) is 0.707. The second-order valence-electron chi connectivity index (χ2n) is 0.695. The molecule has 7 heavy (non-hydrogen) atoms. The van der Waals surface area contributed by atoms with Crippen LogP contribution in [0.25, 0.3) is 0 Å². The monoisotopic (exact) mass is 123 g/mol. The van der Waals surface area contributed by atoms with Gasteiger partial charge in [0.15, 0.2) is 0 Å². The van der Waals surface area contributed by atoms with Crippen molar-refractivity contribution in [3.63, 3.8) is 0 Å². The van der Waals surface area contributed by atoms with Gasteiger partial charge in [0.25, 0.3) is 0 Å². The van der Waals surface area contributed by atoms with Crippen LogP contribution in [0.1, 0.15) is 0 Å². The summed E-state index contributed by atoms with van der Waals surface area (Å²) in [5.74, 6) is 0. The molecular formula is C3H13NO2Si. The molecule has 0 aliphatic rings. The third kappa shape index (κ3) is 23.3. The minimum atomic E-state index is -0.568. The molecule has 0 aromatic rings. The second kappa shape index (κ2) is 16.5. The maximum Gasteiger partial charge on any atom is 0.303 e. The van der Waals surface area contributed by atoms with E-state index in [1.807, 2.05) is 0 Å². The number of rotatable bonds is 2. The quantitative estimate of drug-likeness (QED) is 0.472. The predicted molar refractivity (Wildman–Crippen MR) is 32.7 cm³/mol. The van der Waals surface area contributed by atoms with Gasteiger partial charge < -0.3 is 14.6 Å². The van der Waals surface area contributed by atoms with E-state index in [4.69, 9.17) is 0 Å². The van der Waals surface area contributed by atoms with Crippen LogP contribution < -0.4 is 5.73 Å². The minimum absolute atomic E-state index is 0.568. The zero-order valence-corrected chi connectivity index (χ0v) is 6.52. The van der Waals surface area contributed by atoms with Gasteiger partial charge in [0, 0.05) is 14.2 Å². The molecule has 0 atom stereocenters. The van der Waals surface area contributed by atoms with Crippen molar-refractivity contribution in [1.29, 1.82) is 0 Å². The SMILES string of the molecule is CN.CO[SiH2]OC. The standard InChI is InChI=1S/C2H8O2Si.CH5N/c1-3-5-4-2;1-2/h5H2,1-2H3;2H2,1H3. The zero-order valence-electron chi connectivity index (χ0n) is 5.10. The van der Waals surface area contributed by atoms with Gasteiger partial charge in [-0.1, -0.05) is 0 Å². The average molecular weight is 123 g/mol. The maximum atomic E-state index is 4.61. The Labute approximate surface area is 46.9 Å². The van der Waals surface area contributed by atoms with Gasteiger partial charge in [0.1, 0.15) is 0 Å². The average Bonchev–Trinajstić information content (AvgIpc) is 1.75. The van der Waals surface area contributed by atoms with Crippen LogP contribution >= 0.6 is 0 Å². The van der Waals surface area contributed by atoms with Gasteiger partial charge in [-0.3, -0.25) is 0 Å². The van der Waals surface area contributed by atoms with Gasteiger partial charge in [0.2, 0.25) is 0 Å². The molecule has 0 aliphatic heterocycles. The van der Waals surface area contributed by atoms with E-state index in [9.17, 15) is 0 Å². The van der Waals surface area contributed by atoms with Crippen molar-refractivity contribution in [1.82, 2.24) is 0 Å². The fourth-order valence-corrected chi connectivity index (χ4v) is 0.354. The van der Waals surface area contributed by atoms with E-state index >= 15 is 0 Å². The summed E-state index contributed by atoms with van der Waals surface area (Å²) in [5, 5.41) is 0. The van der Waals surface area contributed by atoms with Gasteiger partial charge in [0.05, 0.1) is 0 Å². The van der Waals surface area contributed by atoms with E-state index in [-0.39, 0.29) is 0 Å². The van der Waals surface area contributed by atoms with E-state index < -0.39 is 10.0 Å². The van der Waals surface area contributed by atoms with E-state index in [0.717, 1.165) is 0 Å². The van der Waals surface area contributed by atoms with E-state index in [0.29, 0.717) is 0 Å². The lowest BCUT2D eigenvalue weighted by atomic mass is 11.6. The number of hydrogen-bond donors (Lipinski definition) is 1. The molecule has 3 nitrogen and oxygen atoms in total. The fourth-order valence-electron chi connectivity index (χ4n) is 0.118. The molecule has 0 saturated carbocycles. The molecule has 0 aromatic carbocycles. The van der Waals surface area contributed by atoms with Gasteiger partial charge in [-0.2, -0.15) is 0 Å². The summed E-state index contributed by atoms with van der Waals surface area (Å²) >= 11 is 0. The molecule has 0 bridgehead atoms. The first kappa shape index (κ1) is 10.2. The Morgan fingerprint density at radius 3 is 1.43 bits per heavy atom. The van der Waals surface area contributed by atoms with Crippen molar-refractivity contribution in [2.24, 2.45) is 5.73 Å². The van der Waals surface area contributed by atoms with Crippen LogP contribution in [0.15, 0.2) is 0 Å². The molecule has 0 aliphatic carbocycles. The first-order valence-electron chi connectivity index (χ1n) is 1.97. The van der Waals surface area contributed by atoms with Crippen LogP contribution in [0, 0.1) is 0 Å². The van der Waals surface area contributed by atoms with E-state index in [2.05, 4.69) is 14.6 Å². The molecule has 0 rings (SSSR count). The Kier molecular flexibility index (Phi) is 24.0. The zero-order chi connectivity index (χ0) is 6.12. The Hall–Kier alpha value is 0.0969. The van der Waals surface area contributed by atoms with Gasteiger partial charge in [-0.25, -0.2) is 0 Å². The van der Waals surface area contributed by atoms with E-state index in [1.54, 1.807) is 14.2 Å². The normalized spacial score (nSPS) is 6.86. The summed E-state index contributed by atoms with van der Waals surface area (Å²) in [6, 6.07) is 0. The maximum absolute atomic E-state index is 4.61. The molecule has 0 unspecified atom stereocenters. The summed E-state index contributed by atoms with van der Waals surface area (Å²) in [5.41, 5.74) is 4.50. The lowest BCUT2D eigenvalue weighted by Gasteiger charge is -1.86. The van der Waals surface area contributed by atoms with E-state index in [1.165, 1.54) is 7.05 Å². The Bertz CT molecular complexity index is 20.4. The van der Waals surface area contributed by atoms with Crippen molar-refractivity contribution < 1.29 is 8.85 Å². The first-order valence-corrected chi connectivity index (χ1v) is 3.13. The molecule has 4 heteroatoms. The highest BCUT2D eigenvalue weighted by Crippen LogP contribution is 1.55. The molecule has 46 valence electrons. The largest absolute Gasteiger partial charge is 0.402 e. The summed E-state index contributed by atoms with van der Waals surface area (Å²) in [4.78, 5) is 0.